The van der Waals surface area contributed by atoms with Gasteiger partial charge in [0, 0.05) is 11.9 Å². The highest BCUT2D eigenvalue weighted by atomic mass is 16.1. The van der Waals surface area contributed by atoms with Crippen LogP contribution in [0, 0.1) is 5.92 Å². The fraction of sp³-hybridized carbons (Fsp3) is 0.273. The average Bonchev–Trinajstić information content (AvgIpc) is 2.62. The lowest BCUT2D eigenvalue weighted by Crippen LogP contribution is -2.15. The summed E-state index contributed by atoms with van der Waals surface area (Å²) in [5.74, 6) is 0.225. The van der Waals surface area contributed by atoms with E-state index in [0.717, 1.165) is 17.7 Å². The number of rotatable bonds is 7. The Balaban J connectivity index is 1.95. The maximum atomic E-state index is 12.3. The van der Waals surface area contributed by atoms with Crippen LogP contribution in [0.1, 0.15) is 37.8 Å². The van der Waals surface area contributed by atoms with Crippen LogP contribution in [-0.4, -0.2) is 11.7 Å². The first kappa shape index (κ1) is 19.4. The quantitative estimate of drug-likeness (QED) is 0.571. The maximum absolute atomic E-state index is 12.3. The van der Waals surface area contributed by atoms with E-state index in [1.54, 1.807) is 12.3 Å². The van der Waals surface area contributed by atoms with E-state index in [4.69, 9.17) is 5.73 Å². The summed E-state index contributed by atoms with van der Waals surface area (Å²) in [6, 6.07) is 17.8. The number of amides is 1. The van der Waals surface area contributed by atoms with Gasteiger partial charge in [0.2, 0.25) is 0 Å². The Labute approximate surface area is 155 Å². The second-order valence-electron chi connectivity index (χ2n) is 6.78. The molecule has 2 aromatic carbocycles. The van der Waals surface area contributed by atoms with Crippen LogP contribution in [0.3, 0.4) is 0 Å². The van der Waals surface area contributed by atoms with Gasteiger partial charge in [-0.15, -0.1) is 0 Å². The number of amidine groups is 1. The third-order valence-electron chi connectivity index (χ3n) is 4.01. The zero-order valence-corrected chi connectivity index (χ0v) is 15.6. The average molecular weight is 349 g/mol. The highest BCUT2D eigenvalue weighted by Gasteiger charge is 2.14. The molecule has 0 radical (unpaired) electrons. The molecule has 4 nitrogen and oxygen atoms in total. The molecule has 1 amide bonds. The summed E-state index contributed by atoms with van der Waals surface area (Å²) in [6.07, 6.45) is 4.29. The number of nitrogens with two attached hydrogens (primary N) is 1. The van der Waals surface area contributed by atoms with Crippen molar-refractivity contribution in [1.82, 2.24) is 0 Å². The minimum absolute atomic E-state index is 0.182. The number of carbonyl (C=O) groups is 1. The predicted octanol–water partition coefficient (Wildman–Crippen LogP) is 4.50. The molecule has 0 fully saturated rings. The van der Waals surface area contributed by atoms with E-state index in [0.29, 0.717) is 5.92 Å². The molecule has 3 N–H and O–H groups in total. The second kappa shape index (κ2) is 9.56. The van der Waals surface area contributed by atoms with Gasteiger partial charge in [-0.2, -0.15) is 4.99 Å². The molecule has 0 aliphatic rings. The SMILES string of the molecule is CC(C)Cc1ccc(C(C)C(=O)N=C(N)/C=C\Nc2ccccc2)cc1. The van der Waals surface area contributed by atoms with E-state index >= 15 is 0 Å². The monoisotopic (exact) mass is 349 g/mol. The third kappa shape index (κ3) is 6.20. The van der Waals surface area contributed by atoms with Crippen molar-refractivity contribution in [2.45, 2.75) is 33.1 Å². The Morgan fingerprint density at radius 3 is 2.35 bits per heavy atom. The largest absolute Gasteiger partial charge is 0.384 e. The van der Waals surface area contributed by atoms with Crippen molar-refractivity contribution in [2.75, 3.05) is 5.32 Å². The fourth-order valence-electron chi connectivity index (χ4n) is 2.58. The number of nitrogens with one attached hydrogen (secondary N) is 1. The van der Waals surface area contributed by atoms with Crippen LogP contribution in [0.5, 0.6) is 0 Å². The summed E-state index contributed by atoms with van der Waals surface area (Å²) in [4.78, 5) is 16.3. The normalized spacial score (nSPS) is 13.2. The van der Waals surface area contributed by atoms with Gasteiger partial charge in [-0.3, -0.25) is 4.79 Å². The summed E-state index contributed by atoms with van der Waals surface area (Å²) < 4.78 is 0. The molecule has 1 atom stereocenters. The van der Waals surface area contributed by atoms with Crippen LogP contribution < -0.4 is 11.1 Å². The van der Waals surface area contributed by atoms with Crippen molar-refractivity contribution in [3.63, 3.8) is 0 Å². The lowest BCUT2D eigenvalue weighted by Gasteiger charge is -2.10. The lowest BCUT2D eigenvalue weighted by molar-refractivity contribution is -0.118. The van der Waals surface area contributed by atoms with Gasteiger partial charge in [0.1, 0.15) is 5.84 Å². The first-order valence-electron chi connectivity index (χ1n) is 8.90. The summed E-state index contributed by atoms with van der Waals surface area (Å²) in [5.41, 5.74) is 9.01. The van der Waals surface area contributed by atoms with Crippen molar-refractivity contribution in [3.8, 4) is 0 Å². The summed E-state index contributed by atoms with van der Waals surface area (Å²) in [7, 11) is 0. The van der Waals surface area contributed by atoms with Crippen LogP contribution >= 0.6 is 0 Å². The van der Waals surface area contributed by atoms with Crippen LogP contribution in [0.15, 0.2) is 71.9 Å². The number of benzene rings is 2. The van der Waals surface area contributed by atoms with Gasteiger partial charge < -0.3 is 11.1 Å². The van der Waals surface area contributed by atoms with Crippen LogP contribution in [0.4, 0.5) is 5.69 Å². The van der Waals surface area contributed by atoms with E-state index in [2.05, 4.69) is 36.3 Å². The molecule has 4 heteroatoms. The first-order chi connectivity index (χ1) is 12.5. The van der Waals surface area contributed by atoms with Crippen molar-refractivity contribution in [3.05, 3.63) is 78.0 Å². The van der Waals surface area contributed by atoms with E-state index < -0.39 is 0 Å². The standard InChI is InChI=1S/C22H27N3O/c1-16(2)15-18-9-11-19(12-10-18)17(3)22(26)25-21(23)13-14-24-20-7-5-4-6-8-20/h4-14,16-17,24H,15H2,1-3H3,(H2,23,25,26)/b14-13-. The van der Waals surface area contributed by atoms with Crippen molar-refractivity contribution >= 4 is 17.4 Å². The summed E-state index contributed by atoms with van der Waals surface area (Å²) in [6.45, 7) is 6.23. The molecule has 0 saturated carbocycles. The molecular weight excluding hydrogens is 322 g/mol. The number of hydrogen-bond donors (Lipinski definition) is 2. The Morgan fingerprint density at radius 2 is 1.73 bits per heavy atom. The summed E-state index contributed by atoms with van der Waals surface area (Å²) >= 11 is 0. The van der Waals surface area contributed by atoms with Gasteiger partial charge in [0.25, 0.3) is 5.91 Å². The highest BCUT2D eigenvalue weighted by molar-refractivity contribution is 6.01. The van der Waals surface area contributed by atoms with Gasteiger partial charge in [-0.05, 0) is 48.6 Å². The molecule has 2 rings (SSSR count). The Hall–Kier alpha value is -2.88. The Bertz CT molecular complexity index is 762. The molecule has 0 aromatic heterocycles. The van der Waals surface area contributed by atoms with Crippen LogP contribution in [0.25, 0.3) is 0 Å². The zero-order chi connectivity index (χ0) is 18.9. The van der Waals surface area contributed by atoms with Crippen molar-refractivity contribution in [2.24, 2.45) is 16.6 Å². The van der Waals surface area contributed by atoms with Crippen molar-refractivity contribution < 1.29 is 4.79 Å². The number of carbonyl (C=O) groups excluding carboxylic acids is 1. The number of hydrogen-bond acceptors (Lipinski definition) is 2. The minimum atomic E-state index is -0.322. The molecule has 0 bridgehead atoms. The molecule has 0 spiro atoms. The highest BCUT2D eigenvalue weighted by Crippen LogP contribution is 2.19. The van der Waals surface area contributed by atoms with Gasteiger partial charge >= 0.3 is 0 Å². The number of anilines is 1. The Morgan fingerprint density at radius 1 is 1.08 bits per heavy atom. The molecule has 0 saturated heterocycles. The van der Waals surface area contributed by atoms with Gasteiger partial charge in [0.05, 0.1) is 5.92 Å². The van der Waals surface area contributed by atoms with Crippen molar-refractivity contribution in [1.29, 1.82) is 0 Å². The zero-order valence-electron chi connectivity index (χ0n) is 15.6. The third-order valence-corrected chi connectivity index (χ3v) is 4.01. The smallest absolute Gasteiger partial charge is 0.254 e. The van der Waals surface area contributed by atoms with Crippen LogP contribution in [0.2, 0.25) is 0 Å². The summed E-state index contributed by atoms with van der Waals surface area (Å²) in [5, 5.41) is 3.08. The minimum Gasteiger partial charge on any atom is -0.384 e. The van der Waals surface area contributed by atoms with Gasteiger partial charge in [-0.25, -0.2) is 0 Å². The molecule has 26 heavy (non-hydrogen) atoms. The van der Waals surface area contributed by atoms with Crippen LogP contribution in [-0.2, 0) is 11.2 Å². The second-order valence-corrected chi connectivity index (χ2v) is 6.78. The Kier molecular flexibility index (Phi) is 7.15. The molecule has 1 unspecified atom stereocenters. The number of nitrogens with zero attached hydrogens (tertiary/aromatic N) is 1. The van der Waals surface area contributed by atoms with Gasteiger partial charge in [0.15, 0.2) is 0 Å². The molecule has 136 valence electrons. The van der Waals surface area contributed by atoms with Gasteiger partial charge in [-0.1, -0.05) is 56.3 Å². The topological polar surface area (TPSA) is 67.5 Å². The molecule has 2 aromatic rings. The molecule has 0 heterocycles. The van der Waals surface area contributed by atoms with E-state index in [9.17, 15) is 4.79 Å². The maximum Gasteiger partial charge on any atom is 0.254 e. The molecule has 0 aliphatic carbocycles. The first-order valence-corrected chi connectivity index (χ1v) is 8.90. The van der Waals surface area contributed by atoms with E-state index in [1.807, 2.05) is 49.4 Å². The number of aliphatic imine (C=N–C) groups is 1. The predicted molar refractivity (Wildman–Crippen MR) is 109 cm³/mol. The fourth-order valence-corrected chi connectivity index (χ4v) is 2.58. The molecule has 0 aliphatic heterocycles. The lowest BCUT2D eigenvalue weighted by atomic mass is 9.96. The number of para-hydroxylation sites is 1. The van der Waals surface area contributed by atoms with E-state index in [-0.39, 0.29) is 17.7 Å². The van der Waals surface area contributed by atoms with E-state index in [1.165, 1.54) is 5.56 Å². The molecular formula is C22H27N3O.